The second-order valence-electron chi connectivity index (χ2n) is 3.53. The average Bonchev–Trinajstić information content (AvgIpc) is 2.38. The first kappa shape index (κ1) is 11.7. The molecule has 6 heteroatoms. The zero-order valence-corrected chi connectivity index (χ0v) is 9.35. The first-order valence-corrected chi connectivity index (χ1v) is 5.17. The zero-order chi connectivity index (χ0) is 13.0. The number of nitro benzene ring substituents is 1. The molecule has 90 valence electrons. The molecule has 2 rings (SSSR count). The molecular formula is C12H10N4O2. The number of nitro groups is 1. The third-order valence-corrected chi connectivity index (χ3v) is 2.27. The molecule has 0 radical (unpaired) electrons. The Bertz CT molecular complexity index is 593. The molecule has 6 nitrogen and oxygen atoms in total. The van der Waals surface area contributed by atoms with Crippen LogP contribution in [0, 0.1) is 10.1 Å². The van der Waals surface area contributed by atoms with Gasteiger partial charge in [-0.25, -0.2) is 0 Å². The van der Waals surface area contributed by atoms with Crippen molar-refractivity contribution in [3.8, 4) is 0 Å². The molecule has 0 bridgehead atoms. The second kappa shape index (κ2) is 5.05. The van der Waals surface area contributed by atoms with Crippen LogP contribution in [-0.4, -0.2) is 4.92 Å². The van der Waals surface area contributed by atoms with Gasteiger partial charge < -0.3 is 5.73 Å². The molecule has 0 unspecified atom stereocenters. The lowest BCUT2D eigenvalue weighted by atomic mass is 10.3. The van der Waals surface area contributed by atoms with Gasteiger partial charge in [-0.05, 0) is 24.3 Å². The minimum atomic E-state index is -0.462. The molecule has 2 aromatic carbocycles. The topological polar surface area (TPSA) is 93.9 Å². The van der Waals surface area contributed by atoms with Crippen molar-refractivity contribution in [3.63, 3.8) is 0 Å². The van der Waals surface area contributed by atoms with Crippen LogP contribution in [0.1, 0.15) is 0 Å². The van der Waals surface area contributed by atoms with Crippen molar-refractivity contribution in [2.45, 2.75) is 0 Å². The van der Waals surface area contributed by atoms with Crippen LogP contribution in [0.5, 0.6) is 0 Å². The van der Waals surface area contributed by atoms with E-state index in [9.17, 15) is 10.1 Å². The van der Waals surface area contributed by atoms with Gasteiger partial charge in [-0.3, -0.25) is 10.1 Å². The Morgan fingerprint density at radius 2 is 1.67 bits per heavy atom. The zero-order valence-electron chi connectivity index (χ0n) is 9.35. The predicted molar refractivity (Wildman–Crippen MR) is 68.1 cm³/mol. The summed E-state index contributed by atoms with van der Waals surface area (Å²) < 4.78 is 0. The summed E-state index contributed by atoms with van der Waals surface area (Å²) >= 11 is 0. The molecule has 0 fully saturated rings. The van der Waals surface area contributed by atoms with Crippen molar-refractivity contribution in [2.75, 3.05) is 5.73 Å². The second-order valence-corrected chi connectivity index (χ2v) is 3.53. The minimum Gasteiger partial charge on any atom is -0.397 e. The van der Waals surface area contributed by atoms with E-state index in [4.69, 9.17) is 5.73 Å². The summed E-state index contributed by atoms with van der Waals surface area (Å²) in [7, 11) is 0. The molecule has 0 spiro atoms. The summed E-state index contributed by atoms with van der Waals surface area (Å²) in [5.41, 5.74) is 7.35. The van der Waals surface area contributed by atoms with Crippen LogP contribution < -0.4 is 5.73 Å². The number of nitrogen functional groups attached to an aromatic ring is 1. The number of rotatable bonds is 3. The molecule has 0 heterocycles. The Balaban J connectivity index is 2.19. The van der Waals surface area contributed by atoms with Crippen LogP contribution in [0.4, 0.5) is 22.7 Å². The van der Waals surface area contributed by atoms with Crippen LogP contribution >= 0.6 is 0 Å². The maximum Gasteiger partial charge on any atom is 0.269 e. The lowest BCUT2D eigenvalue weighted by Crippen LogP contribution is -1.85. The van der Waals surface area contributed by atoms with Crippen molar-refractivity contribution < 1.29 is 4.92 Å². The molecule has 0 aliphatic carbocycles. The fourth-order valence-electron chi connectivity index (χ4n) is 1.33. The minimum absolute atomic E-state index is 0.0215. The standard InChI is InChI=1S/C12H10N4O2/c13-11-3-1-2-4-12(11)15-14-9-5-7-10(8-6-9)16(17)18/h1-8H,13H2/b15-14+. The van der Waals surface area contributed by atoms with Crippen molar-refractivity contribution in [3.05, 3.63) is 58.6 Å². The van der Waals surface area contributed by atoms with E-state index >= 15 is 0 Å². The largest absolute Gasteiger partial charge is 0.397 e. The highest BCUT2D eigenvalue weighted by atomic mass is 16.6. The van der Waals surface area contributed by atoms with E-state index in [2.05, 4.69) is 10.2 Å². The van der Waals surface area contributed by atoms with Crippen LogP contribution in [0.3, 0.4) is 0 Å². The van der Waals surface area contributed by atoms with E-state index in [1.54, 1.807) is 24.3 Å². The van der Waals surface area contributed by atoms with Gasteiger partial charge in [0.1, 0.15) is 5.69 Å². The lowest BCUT2D eigenvalue weighted by Gasteiger charge is -1.97. The highest BCUT2D eigenvalue weighted by molar-refractivity contribution is 5.61. The Labute approximate surface area is 103 Å². The molecule has 0 aromatic heterocycles. The van der Waals surface area contributed by atoms with Gasteiger partial charge >= 0.3 is 0 Å². The van der Waals surface area contributed by atoms with Crippen molar-refractivity contribution >= 4 is 22.7 Å². The van der Waals surface area contributed by atoms with Crippen LogP contribution in [0.25, 0.3) is 0 Å². The van der Waals surface area contributed by atoms with Gasteiger partial charge in [0, 0.05) is 12.1 Å². The maximum atomic E-state index is 10.5. The highest BCUT2D eigenvalue weighted by Crippen LogP contribution is 2.24. The summed E-state index contributed by atoms with van der Waals surface area (Å²) in [5, 5.41) is 18.4. The van der Waals surface area contributed by atoms with E-state index in [0.717, 1.165) is 0 Å². The third kappa shape index (κ3) is 2.67. The monoisotopic (exact) mass is 242 g/mol. The smallest absolute Gasteiger partial charge is 0.269 e. The number of azo groups is 1. The Morgan fingerprint density at radius 1 is 1.00 bits per heavy atom. The van der Waals surface area contributed by atoms with Gasteiger partial charge in [0.05, 0.1) is 16.3 Å². The summed E-state index contributed by atoms with van der Waals surface area (Å²) in [5.74, 6) is 0. The number of hydrogen-bond donors (Lipinski definition) is 1. The van der Waals surface area contributed by atoms with Gasteiger partial charge in [-0.1, -0.05) is 12.1 Å². The number of non-ortho nitro benzene ring substituents is 1. The first-order chi connectivity index (χ1) is 8.66. The Kier molecular flexibility index (Phi) is 3.29. The van der Waals surface area contributed by atoms with E-state index in [1.807, 2.05) is 0 Å². The Morgan fingerprint density at radius 3 is 2.28 bits per heavy atom. The SMILES string of the molecule is Nc1ccccc1/N=N/c1ccc([N+](=O)[O-])cc1. The van der Waals surface area contributed by atoms with Crippen molar-refractivity contribution in [1.82, 2.24) is 0 Å². The quantitative estimate of drug-likeness (QED) is 0.385. The molecule has 2 aromatic rings. The average molecular weight is 242 g/mol. The summed E-state index contributed by atoms with van der Waals surface area (Å²) in [4.78, 5) is 10.0. The summed E-state index contributed by atoms with van der Waals surface area (Å²) in [6.45, 7) is 0. The van der Waals surface area contributed by atoms with Gasteiger partial charge in [-0.15, -0.1) is 5.11 Å². The predicted octanol–water partition coefficient (Wildman–Crippen LogP) is 3.59. The number of benzene rings is 2. The summed E-state index contributed by atoms with van der Waals surface area (Å²) in [6.07, 6.45) is 0. The number of anilines is 1. The molecule has 0 saturated heterocycles. The normalized spacial score (nSPS) is 10.7. The summed E-state index contributed by atoms with van der Waals surface area (Å²) in [6, 6.07) is 12.9. The van der Waals surface area contributed by atoms with Gasteiger partial charge in [0.15, 0.2) is 0 Å². The Hall–Kier alpha value is -2.76. The van der Waals surface area contributed by atoms with E-state index in [1.165, 1.54) is 24.3 Å². The molecule has 0 aliphatic rings. The number of nitrogens with zero attached hydrogens (tertiary/aromatic N) is 3. The molecular weight excluding hydrogens is 232 g/mol. The molecule has 0 saturated carbocycles. The van der Waals surface area contributed by atoms with Gasteiger partial charge in [0.2, 0.25) is 0 Å². The van der Waals surface area contributed by atoms with Crippen molar-refractivity contribution in [2.24, 2.45) is 10.2 Å². The van der Waals surface area contributed by atoms with E-state index in [0.29, 0.717) is 17.1 Å². The molecule has 0 amide bonds. The van der Waals surface area contributed by atoms with Gasteiger partial charge in [0.25, 0.3) is 5.69 Å². The molecule has 2 N–H and O–H groups in total. The molecule has 0 atom stereocenters. The third-order valence-electron chi connectivity index (χ3n) is 2.27. The van der Waals surface area contributed by atoms with E-state index < -0.39 is 4.92 Å². The number of hydrogen-bond acceptors (Lipinski definition) is 5. The fraction of sp³-hybridized carbons (Fsp3) is 0. The van der Waals surface area contributed by atoms with Crippen molar-refractivity contribution in [1.29, 1.82) is 0 Å². The molecule has 18 heavy (non-hydrogen) atoms. The van der Waals surface area contributed by atoms with Crippen LogP contribution in [0.2, 0.25) is 0 Å². The fourth-order valence-corrected chi connectivity index (χ4v) is 1.33. The van der Waals surface area contributed by atoms with E-state index in [-0.39, 0.29) is 5.69 Å². The highest BCUT2D eigenvalue weighted by Gasteiger charge is 2.03. The maximum absolute atomic E-state index is 10.5. The lowest BCUT2D eigenvalue weighted by molar-refractivity contribution is -0.384. The number of para-hydroxylation sites is 1. The number of nitrogens with two attached hydrogens (primary N) is 1. The first-order valence-electron chi connectivity index (χ1n) is 5.17. The van der Waals surface area contributed by atoms with Gasteiger partial charge in [-0.2, -0.15) is 5.11 Å². The van der Waals surface area contributed by atoms with Crippen LogP contribution in [-0.2, 0) is 0 Å². The van der Waals surface area contributed by atoms with Crippen LogP contribution in [0.15, 0.2) is 58.8 Å². The molecule has 0 aliphatic heterocycles.